The van der Waals surface area contributed by atoms with Crippen molar-refractivity contribution >= 4 is 84.2 Å². The first-order valence-electron chi connectivity index (χ1n) is 17.0. The second-order valence-electron chi connectivity index (χ2n) is 13.0. The third kappa shape index (κ3) is 11.0. The standard InChI is InChI=1S/C17H19F4N3O4S2.C15H19F2N3O4S.ClH/c18-12-6-10(24-9-11(28-17(24)25)8-22-16(29)15(20)21)7-13(19)14(12)23-2-1-4-30(26,27)5-3-23;16-12-6-10(20-9-11(8-18)24-15(20)21)7-13(17)14(12)19-2-1-4-25(22,23)5-3-19;/h6-7,11,15H,1-5,8-9H2,(H,22,29);6-7,11H,1-5,8-9,18H2;1H/t2*11-;/m00./s1. The third-order valence-electron chi connectivity index (χ3n) is 9.08. The number of ether oxygens (including phenoxy) is 2. The molecule has 4 aliphatic heterocycles. The summed E-state index contributed by atoms with van der Waals surface area (Å²) >= 11 is 4.44. The Morgan fingerprint density at radius 3 is 1.50 bits per heavy atom. The minimum Gasteiger partial charge on any atom is -0.443 e. The molecule has 4 saturated heterocycles. The van der Waals surface area contributed by atoms with Crippen LogP contribution < -0.4 is 30.7 Å². The third-order valence-corrected chi connectivity index (χ3v) is 12.8. The van der Waals surface area contributed by atoms with Crippen LogP contribution in [0.25, 0.3) is 0 Å². The number of nitrogens with one attached hydrogen (secondary N) is 1. The predicted octanol–water partition coefficient (Wildman–Crippen LogP) is 3.39. The zero-order chi connectivity index (χ0) is 40.2. The van der Waals surface area contributed by atoms with Gasteiger partial charge in [-0.3, -0.25) is 9.80 Å². The first-order chi connectivity index (χ1) is 25.9. The van der Waals surface area contributed by atoms with Crippen molar-refractivity contribution in [1.82, 2.24) is 5.32 Å². The Kier molecular flexibility index (Phi) is 14.9. The zero-order valence-electron chi connectivity index (χ0n) is 29.5. The van der Waals surface area contributed by atoms with Gasteiger partial charge < -0.3 is 30.3 Å². The van der Waals surface area contributed by atoms with Crippen LogP contribution in [0.3, 0.4) is 0 Å². The first kappa shape index (κ1) is 44.9. The molecular formula is C32H39ClF6N6O8S3. The number of thiocarbonyl (C=S) groups is 1. The van der Waals surface area contributed by atoms with Gasteiger partial charge in [-0.25, -0.2) is 52.8 Å². The Bertz CT molecular complexity index is 1980. The minimum atomic E-state index is -3.26. The number of alkyl halides is 2. The number of nitrogens with two attached hydrogens (primary N) is 1. The molecule has 3 N–H and O–H groups in total. The molecule has 2 aromatic carbocycles. The van der Waals surface area contributed by atoms with Crippen molar-refractivity contribution in [3.05, 3.63) is 47.5 Å². The van der Waals surface area contributed by atoms with Gasteiger partial charge in [-0.05, 0) is 12.8 Å². The van der Waals surface area contributed by atoms with Crippen LogP contribution in [0.1, 0.15) is 12.8 Å². The highest BCUT2D eigenvalue weighted by atomic mass is 35.5. The summed E-state index contributed by atoms with van der Waals surface area (Å²) in [5.74, 6) is -3.99. The molecule has 0 aromatic heterocycles. The lowest BCUT2D eigenvalue weighted by Crippen LogP contribution is -2.36. The van der Waals surface area contributed by atoms with E-state index in [1.807, 2.05) is 0 Å². The highest BCUT2D eigenvalue weighted by Gasteiger charge is 2.35. The van der Waals surface area contributed by atoms with Crippen molar-refractivity contribution in [2.45, 2.75) is 31.5 Å². The molecule has 14 nitrogen and oxygen atoms in total. The topological polar surface area (TPSA) is 172 Å². The van der Waals surface area contributed by atoms with E-state index in [-0.39, 0.29) is 117 Å². The van der Waals surface area contributed by atoms with E-state index in [1.165, 1.54) is 9.80 Å². The van der Waals surface area contributed by atoms with Gasteiger partial charge >= 0.3 is 12.2 Å². The van der Waals surface area contributed by atoms with Crippen LogP contribution in [0, 0.1) is 23.3 Å². The molecule has 4 aliphatic rings. The minimum absolute atomic E-state index is 0. The fourth-order valence-corrected chi connectivity index (χ4v) is 8.96. The van der Waals surface area contributed by atoms with Crippen LogP contribution in [0.4, 0.5) is 58.7 Å². The van der Waals surface area contributed by atoms with Gasteiger partial charge in [0.15, 0.2) is 42.9 Å². The molecule has 0 unspecified atom stereocenters. The number of halogens is 7. The highest BCUT2D eigenvalue weighted by molar-refractivity contribution is 7.91. The Morgan fingerprint density at radius 1 is 0.732 bits per heavy atom. The van der Waals surface area contributed by atoms with E-state index in [0.29, 0.717) is 6.42 Å². The normalized spacial score (nSPS) is 22.0. The van der Waals surface area contributed by atoms with Gasteiger partial charge in [0.1, 0.15) is 28.6 Å². The van der Waals surface area contributed by atoms with Crippen molar-refractivity contribution in [3.63, 3.8) is 0 Å². The van der Waals surface area contributed by atoms with Crippen LogP contribution in [-0.2, 0) is 29.1 Å². The molecule has 2 atom stereocenters. The average molecular weight is 881 g/mol. The maximum absolute atomic E-state index is 14.7. The zero-order valence-corrected chi connectivity index (χ0v) is 32.7. The van der Waals surface area contributed by atoms with Crippen molar-refractivity contribution in [2.24, 2.45) is 5.73 Å². The van der Waals surface area contributed by atoms with Crippen LogP contribution in [0.15, 0.2) is 24.3 Å². The molecule has 0 aliphatic carbocycles. The number of hydrogen-bond donors (Lipinski definition) is 2. The molecule has 6 rings (SSSR count). The lowest BCUT2D eigenvalue weighted by molar-refractivity contribution is 0.141. The van der Waals surface area contributed by atoms with E-state index < -0.39 is 78.8 Å². The van der Waals surface area contributed by atoms with Gasteiger partial charge in [-0.2, -0.15) is 0 Å². The molecule has 0 bridgehead atoms. The summed E-state index contributed by atoms with van der Waals surface area (Å²) in [4.78, 5) is 28.0. The average Bonchev–Trinajstić information content (AvgIpc) is 3.55. The number of rotatable bonds is 8. The van der Waals surface area contributed by atoms with E-state index in [1.54, 1.807) is 0 Å². The lowest BCUT2D eigenvalue weighted by atomic mass is 10.2. The molecule has 4 heterocycles. The van der Waals surface area contributed by atoms with E-state index in [9.17, 15) is 52.8 Å². The number of anilines is 4. The molecule has 56 heavy (non-hydrogen) atoms. The molecule has 24 heteroatoms. The molecule has 2 amide bonds. The Morgan fingerprint density at radius 2 is 1.12 bits per heavy atom. The molecule has 312 valence electrons. The highest BCUT2D eigenvalue weighted by Crippen LogP contribution is 2.33. The van der Waals surface area contributed by atoms with Crippen molar-refractivity contribution in [3.8, 4) is 0 Å². The van der Waals surface area contributed by atoms with E-state index >= 15 is 0 Å². The number of cyclic esters (lactones) is 2. The van der Waals surface area contributed by atoms with Crippen molar-refractivity contribution < 1.29 is 62.2 Å². The number of sulfone groups is 2. The largest absolute Gasteiger partial charge is 0.443 e. The van der Waals surface area contributed by atoms with Crippen LogP contribution in [-0.4, -0.2) is 128 Å². The van der Waals surface area contributed by atoms with Gasteiger partial charge in [0.05, 0.1) is 54.0 Å². The van der Waals surface area contributed by atoms with Crippen LogP contribution in [0.2, 0.25) is 0 Å². The number of hydrogen-bond acceptors (Lipinski definition) is 12. The van der Waals surface area contributed by atoms with Gasteiger partial charge in [-0.1, -0.05) is 12.2 Å². The molecule has 0 spiro atoms. The number of carbonyl (C=O) groups excluding carboxylic acids is 2. The smallest absolute Gasteiger partial charge is 0.414 e. The van der Waals surface area contributed by atoms with Crippen molar-refractivity contribution in [1.29, 1.82) is 0 Å². The number of benzene rings is 2. The fraction of sp³-hybridized carbons (Fsp3) is 0.531. The van der Waals surface area contributed by atoms with Gasteiger partial charge in [0.2, 0.25) is 0 Å². The number of carbonyl (C=O) groups is 2. The fourth-order valence-electron chi connectivity index (χ4n) is 6.33. The summed E-state index contributed by atoms with van der Waals surface area (Å²) in [6.45, 7) is 0.358. The van der Waals surface area contributed by atoms with Gasteiger partial charge in [0, 0.05) is 57.0 Å². The number of amides is 2. The molecule has 2 aromatic rings. The Labute approximate surface area is 330 Å². The summed E-state index contributed by atoms with van der Waals surface area (Å²) in [7, 11) is -6.45. The molecular weight excluding hydrogens is 842 g/mol. The SMILES string of the molecule is Cl.NC[C@H]1CN(c2cc(F)c(N3CCCS(=O)(=O)CC3)c(F)c2)C(=O)O1.O=C1O[C@@H](CNC(=S)C(F)F)CN1c1cc(F)c(N2CCCS(=O)(=O)CC2)c(F)c1. The summed E-state index contributed by atoms with van der Waals surface area (Å²) < 4.78 is 140. The monoisotopic (exact) mass is 880 g/mol. The van der Waals surface area contributed by atoms with Crippen molar-refractivity contribution in [2.75, 3.05) is 95.0 Å². The molecule has 4 fully saturated rings. The molecule has 0 saturated carbocycles. The second-order valence-corrected chi connectivity index (χ2v) is 18.1. The summed E-state index contributed by atoms with van der Waals surface area (Å²) in [5, 5.41) is 2.28. The van der Waals surface area contributed by atoms with Crippen LogP contribution in [0.5, 0.6) is 0 Å². The Balaban J connectivity index is 0.000000248. The molecule has 0 radical (unpaired) electrons. The summed E-state index contributed by atoms with van der Waals surface area (Å²) in [6, 6.07) is 4.02. The summed E-state index contributed by atoms with van der Waals surface area (Å²) in [5.41, 5.74) is 4.76. The second kappa shape index (κ2) is 18.6. The number of nitrogens with zero attached hydrogens (tertiary/aromatic N) is 4. The lowest BCUT2D eigenvalue weighted by Gasteiger charge is -2.24. The van der Waals surface area contributed by atoms with E-state index in [0.717, 1.165) is 34.1 Å². The quantitative estimate of drug-likeness (QED) is 0.293. The summed E-state index contributed by atoms with van der Waals surface area (Å²) in [6.07, 6.45) is -5.24. The maximum atomic E-state index is 14.7. The van der Waals surface area contributed by atoms with E-state index in [2.05, 4.69) is 17.5 Å². The predicted molar refractivity (Wildman–Crippen MR) is 202 cm³/mol. The van der Waals surface area contributed by atoms with E-state index in [4.69, 9.17) is 15.2 Å². The maximum Gasteiger partial charge on any atom is 0.414 e. The first-order valence-corrected chi connectivity index (χ1v) is 21.0. The Hall–Kier alpha value is -3.80. The van der Waals surface area contributed by atoms with Gasteiger partial charge in [0.25, 0.3) is 6.43 Å². The van der Waals surface area contributed by atoms with Gasteiger partial charge in [-0.15, -0.1) is 12.4 Å². The van der Waals surface area contributed by atoms with Crippen LogP contribution >= 0.6 is 24.6 Å².